The third kappa shape index (κ3) is 2.30. The lowest BCUT2D eigenvalue weighted by Gasteiger charge is -2.12. The van der Waals surface area contributed by atoms with Crippen molar-refractivity contribution in [1.29, 1.82) is 0 Å². The number of hydrogen-bond acceptors (Lipinski definition) is 1. The van der Waals surface area contributed by atoms with Gasteiger partial charge in [-0.25, -0.2) is 0 Å². The molecule has 0 aliphatic heterocycles. The maximum absolute atomic E-state index is 12.6. The van der Waals surface area contributed by atoms with Gasteiger partial charge in [0.25, 0.3) is 5.56 Å². The first-order valence-corrected chi connectivity index (χ1v) is 5.25. The number of nitrogens with zero attached hydrogens (tertiary/aromatic N) is 1. The first kappa shape index (κ1) is 12.4. The highest BCUT2D eigenvalue weighted by atomic mass is 19.4. The standard InChI is InChI=1S/C13H10F3NO/c1-9-4-2-3-5-11(9)17-8-10(13(14,15)16)6-7-12(17)18/h2-8H,1H3. The van der Waals surface area contributed by atoms with Gasteiger partial charge >= 0.3 is 6.18 Å². The highest BCUT2D eigenvalue weighted by Crippen LogP contribution is 2.28. The van der Waals surface area contributed by atoms with E-state index in [0.717, 1.165) is 28.5 Å². The Balaban J connectivity index is 2.65. The normalized spacial score (nSPS) is 11.6. The van der Waals surface area contributed by atoms with Gasteiger partial charge in [-0.2, -0.15) is 13.2 Å². The van der Waals surface area contributed by atoms with Crippen LogP contribution in [0.25, 0.3) is 5.69 Å². The smallest absolute Gasteiger partial charge is 0.283 e. The molecule has 0 aliphatic carbocycles. The van der Waals surface area contributed by atoms with Gasteiger partial charge in [0.2, 0.25) is 0 Å². The van der Waals surface area contributed by atoms with Crippen molar-refractivity contribution in [3.63, 3.8) is 0 Å². The Labute approximate surface area is 101 Å². The average Bonchev–Trinajstić information content (AvgIpc) is 2.29. The number of halogens is 3. The molecule has 2 rings (SSSR count). The lowest BCUT2D eigenvalue weighted by Crippen LogP contribution is -2.20. The van der Waals surface area contributed by atoms with Crippen molar-refractivity contribution in [3.8, 4) is 5.69 Å². The van der Waals surface area contributed by atoms with E-state index < -0.39 is 17.3 Å². The molecule has 0 spiro atoms. The maximum atomic E-state index is 12.6. The Hall–Kier alpha value is -2.04. The van der Waals surface area contributed by atoms with Crippen molar-refractivity contribution in [3.05, 3.63) is 64.1 Å². The van der Waals surface area contributed by atoms with Gasteiger partial charge in [-0.3, -0.25) is 9.36 Å². The van der Waals surface area contributed by atoms with Crippen molar-refractivity contribution in [1.82, 2.24) is 4.57 Å². The fourth-order valence-electron chi connectivity index (χ4n) is 1.68. The molecule has 18 heavy (non-hydrogen) atoms. The maximum Gasteiger partial charge on any atom is 0.417 e. The Morgan fingerprint density at radius 1 is 1.06 bits per heavy atom. The van der Waals surface area contributed by atoms with E-state index in [9.17, 15) is 18.0 Å². The van der Waals surface area contributed by atoms with Gasteiger partial charge in [-0.15, -0.1) is 0 Å². The minimum absolute atomic E-state index is 0.452. The van der Waals surface area contributed by atoms with Crippen LogP contribution >= 0.6 is 0 Å². The quantitative estimate of drug-likeness (QED) is 0.765. The molecule has 0 amide bonds. The number of pyridine rings is 1. The summed E-state index contributed by atoms with van der Waals surface area (Å²) in [6, 6.07) is 8.50. The first-order chi connectivity index (χ1) is 8.39. The summed E-state index contributed by atoms with van der Waals surface area (Å²) in [6.07, 6.45) is -3.64. The van der Waals surface area contributed by atoms with E-state index in [0.29, 0.717) is 5.69 Å². The lowest BCUT2D eigenvalue weighted by molar-refractivity contribution is -0.138. The summed E-state index contributed by atoms with van der Waals surface area (Å²) in [4.78, 5) is 11.6. The van der Waals surface area contributed by atoms with Crippen molar-refractivity contribution < 1.29 is 13.2 Å². The fraction of sp³-hybridized carbons (Fsp3) is 0.154. The monoisotopic (exact) mass is 253 g/mol. The molecule has 1 aromatic carbocycles. The van der Waals surface area contributed by atoms with Gasteiger partial charge in [0, 0.05) is 12.3 Å². The molecule has 1 aromatic heterocycles. The zero-order valence-electron chi connectivity index (χ0n) is 9.53. The van der Waals surface area contributed by atoms with E-state index in [1.165, 1.54) is 0 Å². The van der Waals surface area contributed by atoms with Crippen LogP contribution in [0.15, 0.2) is 47.4 Å². The number of para-hydroxylation sites is 1. The van der Waals surface area contributed by atoms with Crippen LogP contribution in [0.1, 0.15) is 11.1 Å². The third-order valence-corrected chi connectivity index (χ3v) is 2.61. The first-order valence-electron chi connectivity index (χ1n) is 5.25. The Bertz CT molecular complexity index is 629. The van der Waals surface area contributed by atoms with E-state index >= 15 is 0 Å². The van der Waals surface area contributed by atoms with E-state index in [4.69, 9.17) is 0 Å². The number of benzene rings is 1. The van der Waals surface area contributed by atoms with Crippen LogP contribution in [0.3, 0.4) is 0 Å². The van der Waals surface area contributed by atoms with Gasteiger partial charge in [0.05, 0.1) is 11.3 Å². The van der Waals surface area contributed by atoms with Crippen LogP contribution in [-0.2, 0) is 6.18 Å². The predicted octanol–water partition coefficient (Wildman–Crippen LogP) is 3.16. The van der Waals surface area contributed by atoms with Gasteiger partial charge < -0.3 is 0 Å². The van der Waals surface area contributed by atoms with Crippen molar-refractivity contribution in [2.24, 2.45) is 0 Å². The Kier molecular flexibility index (Phi) is 2.98. The highest BCUT2D eigenvalue weighted by molar-refractivity contribution is 5.40. The van der Waals surface area contributed by atoms with E-state index in [1.54, 1.807) is 31.2 Å². The number of aromatic nitrogens is 1. The molecule has 0 saturated heterocycles. The molecule has 0 saturated carbocycles. The molecule has 2 nitrogen and oxygen atoms in total. The summed E-state index contributed by atoms with van der Waals surface area (Å²) in [5.74, 6) is 0. The lowest BCUT2D eigenvalue weighted by atomic mass is 10.2. The number of alkyl halides is 3. The van der Waals surface area contributed by atoms with Crippen LogP contribution in [0.2, 0.25) is 0 Å². The SMILES string of the molecule is Cc1ccccc1-n1cc(C(F)(F)F)ccc1=O. The fourth-order valence-corrected chi connectivity index (χ4v) is 1.68. The number of aryl methyl sites for hydroxylation is 1. The largest absolute Gasteiger partial charge is 0.417 e. The summed E-state index contributed by atoms with van der Waals surface area (Å²) < 4.78 is 38.8. The summed E-state index contributed by atoms with van der Waals surface area (Å²) in [6.45, 7) is 1.74. The third-order valence-electron chi connectivity index (χ3n) is 2.61. The van der Waals surface area contributed by atoms with Gasteiger partial charge in [0.1, 0.15) is 0 Å². The molecule has 0 bridgehead atoms. The van der Waals surface area contributed by atoms with Gasteiger partial charge in [0.15, 0.2) is 0 Å². The van der Waals surface area contributed by atoms with Gasteiger partial charge in [-0.1, -0.05) is 18.2 Å². The molecule has 0 radical (unpaired) electrons. The Morgan fingerprint density at radius 2 is 1.72 bits per heavy atom. The molecule has 0 aliphatic rings. The molecule has 0 fully saturated rings. The molecule has 0 N–H and O–H groups in total. The summed E-state index contributed by atoms with van der Waals surface area (Å²) >= 11 is 0. The number of hydrogen-bond donors (Lipinski definition) is 0. The molecule has 94 valence electrons. The zero-order valence-corrected chi connectivity index (χ0v) is 9.53. The number of rotatable bonds is 1. The Morgan fingerprint density at radius 3 is 2.33 bits per heavy atom. The van der Waals surface area contributed by atoms with Crippen LogP contribution in [0.4, 0.5) is 13.2 Å². The van der Waals surface area contributed by atoms with Crippen molar-refractivity contribution in [2.75, 3.05) is 0 Å². The summed E-state index contributed by atoms with van der Waals surface area (Å²) in [5, 5.41) is 0. The average molecular weight is 253 g/mol. The van der Waals surface area contributed by atoms with Crippen LogP contribution in [0.5, 0.6) is 0 Å². The molecular formula is C13H10F3NO. The second-order valence-corrected chi connectivity index (χ2v) is 3.91. The molecule has 1 heterocycles. The molecule has 0 unspecified atom stereocenters. The van der Waals surface area contributed by atoms with Crippen molar-refractivity contribution in [2.45, 2.75) is 13.1 Å². The van der Waals surface area contributed by atoms with Crippen LogP contribution < -0.4 is 5.56 Å². The summed E-state index contributed by atoms with van der Waals surface area (Å²) in [7, 11) is 0. The van der Waals surface area contributed by atoms with E-state index in [2.05, 4.69) is 0 Å². The highest BCUT2D eigenvalue weighted by Gasteiger charge is 2.31. The van der Waals surface area contributed by atoms with Crippen LogP contribution in [-0.4, -0.2) is 4.57 Å². The topological polar surface area (TPSA) is 22.0 Å². The second kappa shape index (κ2) is 4.33. The minimum Gasteiger partial charge on any atom is -0.283 e. The van der Waals surface area contributed by atoms with Gasteiger partial charge in [-0.05, 0) is 24.6 Å². The second-order valence-electron chi connectivity index (χ2n) is 3.91. The van der Waals surface area contributed by atoms with Crippen molar-refractivity contribution >= 4 is 0 Å². The van der Waals surface area contributed by atoms with E-state index in [-0.39, 0.29) is 0 Å². The van der Waals surface area contributed by atoms with E-state index in [1.807, 2.05) is 0 Å². The zero-order chi connectivity index (χ0) is 13.3. The molecule has 5 heteroatoms. The molecule has 2 aromatic rings. The predicted molar refractivity (Wildman–Crippen MR) is 61.8 cm³/mol. The summed E-state index contributed by atoms with van der Waals surface area (Å²) in [5.41, 5.74) is -0.143. The minimum atomic E-state index is -4.46. The molecule has 0 atom stereocenters. The molecular weight excluding hydrogens is 243 g/mol. The van der Waals surface area contributed by atoms with Crippen LogP contribution in [0, 0.1) is 6.92 Å².